The predicted molar refractivity (Wildman–Crippen MR) is 91.8 cm³/mol. The third kappa shape index (κ3) is 3.41. The van der Waals surface area contributed by atoms with Gasteiger partial charge in [0, 0.05) is 30.6 Å². The minimum atomic E-state index is -0.369. The highest BCUT2D eigenvalue weighted by atomic mass is 19.1. The van der Waals surface area contributed by atoms with Crippen LogP contribution >= 0.6 is 0 Å². The normalized spacial score (nSPS) is 17.8. The van der Waals surface area contributed by atoms with E-state index >= 15 is 0 Å². The molecule has 0 saturated heterocycles. The maximum absolute atomic E-state index is 13.5. The zero-order valence-corrected chi connectivity index (χ0v) is 13.8. The number of benzene rings is 2. The van der Waals surface area contributed by atoms with Crippen LogP contribution in [0.25, 0.3) is 0 Å². The second-order valence-corrected chi connectivity index (χ2v) is 6.06. The lowest BCUT2D eigenvalue weighted by Gasteiger charge is -2.27. The first-order chi connectivity index (χ1) is 11.6. The highest BCUT2D eigenvalue weighted by Crippen LogP contribution is 2.32. The van der Waals surface area contributed by atoms with E-state index in [1.54, 1.807) is 12.1 Å². The molecule has 0 unspecified atom stereocenters. The molecule has 1 aliphatic rings. The van der Waals surface area contributed by atoms with Crippen LogP contribution in [0.3, 0.4) is 0 Å². The number of rotatable bonds is 5. The fraction of sp³-hybridized carbons (Fsp3) is 0.316. The van der Waals surface area contributed by atoms with Crippen molar-refractivity contribution in [3.63, 3.8) is 0 Å². The van der Waals surface area contributed by atoms with Gasteiger partial charge in [0.25, 0.3) is 0 Å². The first-order valence-electron chi connectivity index (χ1n) is 8.04. The van der Waals surface area contributed by atoms with E-state index in [4.69, 9.17) is 4.74 Å². The van der Waals surface area contributed by atoms with Crippen LogP contribution in [-0.2, 0) is 4.79 Å². The standard InChI is InChI=1S/C19H21FN2O2/c1-12(13-7-8-16(20)18(9-13)24-2)21-11-14-10-19(23)22-17-6-4-3-5-15(14)17/h3-9,12,14,21H,10-11H2,1-2H3,(H,22,23)/t12-,14+/m0/s1. The number of anilines is 1. The van der Waals surface area contributed by atoms with Crippen molar-refractivity contribution in [1.29, 1.82) is 0 Å². The summed E-state index contributed by atoms with van der Waals surface area (Å²) in [6.07, 6.45) is 0.462. The number of nitrogens with one attached hydrogen (secondary N) is 2. The molecule has 1 aliphatic heterocycles. The van der Waals surface area contributed by atoms with E-state index in [-0.39, 0.29) is 29.4 Å². The minimum Gasteiger partial charge on any atom is -0.494 e. The van der Waals surface area contributed by atoms with E-state index in [9.17, 15) is 9.18 Å². The fourth-order valence-corrected chi connectivity index (χ4v) is 3.07. The van der Waals surface area contributed by atoms with Gasteiger partial charge in [-0.2, -0.15) is 0 Å². The topological polar surface area (TPSA) is 50.4 Å². The molecule has 5 heteroatoms. The molecule has 24 heavy (non-hydrogen) atoms. The smallest absolute Gasteiger partial charge is 0.225 e. The van der Waals surface area contributed by atoms with Crippen molar-refractivity contribution in [3.05, 3.63) is 59.4 Å². The summed E-state index contributed by atoms with van der Waals surface area (Å²) in [6.45, 7) is 2.69. The van der Waals surface area contributed by atoms with Crippen LogP contribution < -0.4 is 15.4 Å². The number of ether oxygens (including phenoxy) is 1. The number of methoxy groups -OCH3 is 1. The fourth-order valence-electron chi connectivity index (χ4n) is 3.07. The molecule has 0 aliphatic carbocycles. The molecule has 0 saturated carbocycles. The van der Waals surface area contributed by atoms with Crippen LogP contribution in [0.4, 0.5) is 10.1 Å². The van der Waals surface area contributed by atoms with E-state index in [1.165, 1.54) is 13.2 Å². The average molecular weight is 328 g/mol. The summed E-state index contributed by atoms with van der Waals surface area (Å²) in [6, 6.07) is 12.8. The zero-order chi connectivity index (χ0) is 17.1. The second-order valence-electron chi connectivity index (χ2n) is 6.06. The maximum Gasteiger partial charge on any atom is 0.225 e. The molecule has 0 bridgehead atoms. The van der Waals surface area contributed by atoms with Gasteiger partial charge in [-0.15, -0.1) is 0 Å². The van der Waals surface area contributed by atoms with Gasteiger partial charge in [-0.25, -0.2) is 4.39 Å². The summed E-state index contributed by atoms with van der Waals surface area (Å²) < 4.78 is 18.6. The van der Waals surface area contributed by atoms with E-state index in [1.807, 2.05) is 31.2 Å². The van der Waals surface area contributed by atoms with E-state index < -0.39 is 0 Å². The first kappa shape index (κ1) is 16.5. The van der Waals surface area contributed by atoms with Crippen molar-refractivity contribution in [2.75, 3.05) is 19.0 Å². The number of halogens is 1. The Morgan fingerprint density at radius 3 is 2.92 bits per heavy atom. The number of hydrogen-bond donors (Lipinski definition) is 2. The van der Waals surface area contributed by atoms with Crippen molar-refractivity contribution in [1.82, 2.24) is 5.32 Å². The molecule has 2 N–H and O–H groups in total. The number of hydrogen-bond acceptors (Lipinski definition) is 3. The van der Waals surface area contributed by atoms with Crippen molar-refractivity contribution in [2.24, 2.45) is 0 Å². The summed E-state index contributed by atoms with van der Waals surface area (Å²) in [5, 5.41) is 6.35. The van der Waals surface area contributed by atoms with Gasteiger partial charge in [0.2, 0.25) is 5.91 Å². The van der Waals surface area contributed by atoms with Crippen LogP contribution in [0.2, 0.25) is 0 Å². The third-order valence-corrected chi connectivity index (χ3v) is 4.45. The van der Waals surface area contributed by atoms with Crippen LogP contribution in [-0.4, -0.2) is 19.6 Å². The van der Waals surface area contributed by atoms with E-state index in [0.717, 1.165) is 16.8 Å². The average Bonchev–Trinajstić information content (AvgIpc) is 2.59. The van der Waals surface area contributed by atoms with Crippen molar-refractivity contribution in [3.8, 4) is 5.75 Å². The second kappa shape index (κ2) is 7.01. The Hall–Kier alpha value is -2.40. The number of para-hydroxylation sites is 1. The molecule has 0 aromatic heterocycles. The number of amides is 1. The number of carbonyl (C=O) groups is 1. The highest BCUT2D eigenvalue weighted by Gasteiger charge is 2.25. The first-order valence-corrected chi connectivity index (χ1v) is 8.04. The Bertz CT molecular complexity index is 748. The van der Waals surface area contributed by atoms with Gasteiger partial charge >= 0.3 is 0 Å². The Morgan fingerprint density at radius 1 is 1.33 bits per heavy atom. The summed E-state index contributed by atoms with van der Waals surface area (Å²) >= 11 is 0. The third-order valence-electron chi connectivity index (χ3n) is 4.45. The predicted octanol–water partition coefficient (Wildman–Crippen LogP) is 3.61. The molecule has 2 aromatic rings. The molecule has 3 rings (SSSR count). The van der Waals surface area contributed by atoms with Crippen LogP contribution in [0.15, 0.2) is 42.5 Å². The summed E-state index contributed by atoms with van der Waals surface area (Å²) in [7, 11) is 1.46. The molecule has 1 heterocycles. The van der Waals surface area contributed by atoms with Gasteiger partial charge in [-0.05, 0) is 36.2 Å². The molecule has 2 atom stereocenters. The van der Waals surface area contributed by atoms with Crippen molar-refractivity contribution >= 4 is 11.6 Å². The van der Waals surface area contributed by atoms with Gasteiger partial charge in [0.1, 0.15) is 0 Å². The zero-order valence-electron chi connectivity index (χ0n) is 13.8. The Balaban J connectivity index is 1.70. The molecule has 126 valence electrons. The van der Waals surface area contributed by atoms with Crippen molar-refractivity contribution < 1.29 is 13.9 Å². The summed E-state index contributed by atoms with van der Waals surface area (Å²) in [5.41, 5.74) is 2.98. The molecule has 0 spiro atoms. The Kier molecular flexibility index (Phi) is 4.81. The largest absolute Gasteiger partial charge is 0.494 e. The minimum absolute atomic E-state index is 0.0247. The lowest BCUT2D eigenvalue weighted by Crippen LogP contribution is -2.31. The van der Waals surface area contributed by atoms with Crippen LogP contribution in [0.5, 0.6) is 5.75 Å². The molecule has 1 amide bonds. The number of fused-ring (bicyclic) bond motifs is 1. The highest BCUT2D eigenvalue weighted by molar-refractivity contribution is 5.94. The monoisotopic (exact) mass is 328 g/mol. The Morgan fingerprint density at radius 2 is 2.12 bits per heavy atom. The lowest BCUT2D eigenvalue weighted by atomic mass is 9.90. The van der Waals surface area contributed by atoms with Crippen molar-refractivity contribution in [2.45, 2.75) is 25.3 Å². The summed E-state index contributed by atoms with van der Waals surface area (Å²) in [5.74, 6) is 0.0335. The van der Waals surface area contributed by atoms with Gasteiger partial charge in [0.15, 0.2) is 11.6 Å². The van der Waals surface area contributed by atoms with E-state index in [2.05, 4.69) is 10.6 Å². The summed E-state index contributed by atoms with van der Waals surface area (Å²) in [4.78, 5) is 11.9. The lowest BCUT2D eigenvalue weighted by molar-refractivity contribution is -0.116. The maximum atomic E-state index is 13.5. The Labute approximate surface area is 141 Å². The van der Waals surface area contributed by atoms with Gasteiger partial charge < -0.3 is 15.4 Å². The number of carbonyl (C=O) groups excluding carboxylic acids is 1. The quantitative estimate of drug-likeness (QED) is 0.881. The SMILES string of the molecule is COc1cc([C@H](C)NC[C@H]2CC(=O)Nc3ccccc32)ccc1F. The van der Waals surface area contributed by atoms with Crippen LogP contribution in [0.1, 0.15) is 36.4 Å². The van der Waals surface area contributed by atoms with Gasteiger partial charge in [-0.1, -0.05) is 24.3 Å². The molecule has 0 radical (unpaired) electrons. The van der Waals surface area contributed by atoms with Gasteiger partial charge in [0.05, 0.1) is 7.11 Å². The molecule has 0 fully saturated rings. The molecule has 4 nitrogen and oxygen atoms in total. The molecule has 2 aromatic carbocycles. The molecular weight excluding hydrogens is 307 g/mol. The van der Waals surface area contributed by atoms with E-state index in [0.29, 0.717) is 13.0 Å². The van der Waals surface area contributed by atoms with Crippen LogP contribution in [0, 0.1) is 5.82 Å². The van der Waals surface area contributed by atoms with Gasteiger partial charge in [-0.3, -0.25) is 4.79 Å². The molecular formula is C19H21FN2O2.